The van der Waals surface area contributed by atoms with Gasteiger partial charge in [-0.2, -0.15) is 0 Å². The fourth-order valence-corrected chi connectivity index (χ4v) is 1.24. The standard InChI is InChI=1S/C6H12N2S/c1-2-5-3-4-7-6(9)8-5/h5H,2-4H2,1H3,(H2,7,8,9). The van der Waals surface area contributed by atoms with Gasteiger partial charge in [0.1, 0.15) is 0 Å². The molecule has 0 aromatic rings. The molecule has 2 N–H and O–H groups in total. The fourth-order valence-electron chi connectivity index (χ4n) is 0.975. The first-order valence-electron chi connectivity index (χ1n) is 3.37. The summed E-state index contributed by atoms with van der Waals surface area (Å²) in [4.78, 5) is 0. The molecule has 1 saturated heterocycles. The summed E-state index contributed by atoms with van der Waals surface area (Å²) < 4.78 is 0. The van der Waals surface area contributed by atoms with E-state index in [0.29, 0.717) is 6.04 Å². The number of hydrogen-bond acceptors (Lipinski definition) is 1. The third-order valence-electron chi connectivity index (χ3n) is 1.61. The molecule has 9 heavy (non-hydrogen) atoms. The highest BCUT2D eigenvalue weighted by Crippen LogP contribution is 1.99. The van der Waals surface area contributed by atoms with Crippen molar-refractivity contribution in [3.8, 4) is 0 Å². The lowest BCUT2D eigenvalue weighted by atomic mass is 10.1. The maximum absolute atomic E-state index is 4.93. The maximum atomic E-state index is 4.93. The lowest BCUT2D eigenvalue weighted by Gasteiger charge is -2.24. The molecule has 0 spiro atoms. The van der Waals surface area contributed by atoms with Crippen LogP contribution in [0.2, 0.25) is 0 Å². The molecule has 0 aliphatic carbocycles. The number of rotatable bonds is 1. The number of nitrogens with one attached hydrogen (secondary N) is 2. The van der Waals surface area contributed by atoms with Crippen molar-refractivity contribution in [1.29, 1.82) is 0 Å². The van der Waals surface area contributed by atoms with Gasteiger partial charge in [-0.25, -0.2) is 0 Å². The number of hydrogen-bond donors (Lipinski definition) is 2. The summed E-state index contributed by atoms with van der Waals surface area (Å²) in [5, 5.41) is 7.07. The molecule has 1 rings (SSSR count). The minimum Gasteiger partial charge on any atom is -0.363 e. The van der Waals surface area contributed by atoms with Crippen molar-refractivity contribution in [2.24, 2.45) is 0 Å². The highest BCUT2D eigenvalue weighted by Gasteiger charge is 2.11. The zero-order valence-corrected chi connectivity index (χ0v) is 6.42. The van der Waals surface area contributed by atoms with E-state index in [1.807, 2.05) is 0 Å². The van der Waals surface area contributed by atoms with Crippen molar-refractivity contribution in [1.82, 2.24) is 10.6 Å². The van der Waals surface area contributed by atoms with Crippen LogP contribution in [0, 0.1) is 0 Å². The van der Waals surface area contributed by atoms with E-state index >= 15 is 0 Å². The van der Waals surface area contributed by atoms with E-state index in [1.165, 1.54) is 12.8 Å². The van der Waals surface area contributed by atoms with Crippen molar-refractivity contribution in [2.75, 3.05) is 6.54 Å². The van der Waals surface area contributed by atoms with Gasteiger partial charge >= 0.3 is 0 Å². The molecule has 1 fully saturated rings. The van der Waals surface area contributed by atoms with Crippen molar-refractivity contribution in [3.05, 3.63) is 0 Å². The highest BCUT2D eigenvalue weighted by molar-refractivity contribution is 7.80. The Hall–Kier alpha value is -0.310. The quantitative estimate of drug-likeness (QED) is 0.528. The van der Waals surface area contributed by atoms with Crippen LogP contribution in [-0.2, 0) is 0 Å². The summed E-state index contributed by atoms with van der Waals surface area (Å²) in [5.41, 5.74) is 0. The summed E-state index contributed by atoms with van der Waals surface area (Å²) in [6.45, 7) is 3.20. The normalized spacial score (nSPS) is 26.8. The third-order valence-corrected chi connectivity index (χ3v) is 1.87. The van der Waals surface area contributed by atoms with Gasteiger partial charge in [0.05, 0.1) is 0 Å². The SMILES string of the molecule is CCC1CCNC(=S)N1. The minimum absolute atomic E-state index is 0.610. The van der Waals surface area contributed by atoms with Crippen LogP contribution < -0.4 is 10.6 Å². The van der Waals surface area contributed by atoms with Gasteiger partial charge < -0.3 is 10.6 Å². The van der Waals surface area contributed by atoms with Gasteiger partial charge in [0.25, 0.3) is 0 Å². The van der Waals surface area contributed by atoms with E-state index in [-0.39, 0.29) is 0 Å². The van der Waals surface area contributed by atoms with Crippen molar-refractivity contribution in [2.45, 2.75) is 25.8 Å². The molecule has 1 heterocycles. The van der Waals surface area contributed by atoms with Crippen LogP contribution in [0.15, 0.2) is 0 Å². The van der Waals surface area contributed by atoms with Gasteiger partial charge in [-0.1, -0.05) is 6.92 Å². The van der Waals surface area contributed by atoms with E-state index in [9.17, 15) is 0 Å². The maximum Gasteiger partial charge on any atom is 0.166 e. The second-order valence-corrected chi connectivity index (χ2v) is 2.70. The molecule has 0 saturated carbocycles. The average molecular weight is 144 g/mol. The molecule has 1 unspecified atom stereocenters. The first-order chi connectivity index (χ1) is 4.33. The Morgan fingerprint density at radius 3 is 3.00 bits per heavy atom. The van der Waals surface area contributed by atoms with Gasteiger partial charge in [0.15, 0.2) is 5.11 Å². The molecule has 52 valence electrons. The molecule has 1 aliphatic heterocycles. The molecule has 0 amide bonds. The van der Waals surface area contributed by atoms with Gasteiger partial charge in [0.2, 0.25) is 0 Å². The Kier molecular flexibility index (Phi) is 2.28. The summed E-state index contributed by atoms with van der Waals surface area (Å²) in [7, 11) is 0. The van der Waals surface area contributed by atoms with Crippen molar-refractivity contribution in [3.63, 3.8) is 0 Å². The largest absolute Gasteiger partial charge is 0.363 e. The van der Waals surface area contributed by atoms with Crippen LogP contribution in [0.3, 0.4) is 0 Å². The fraction of sp³-hybridized carbons (Fsp3) is 0.833. The van der Waals surface area contributed by atoms with Crippen LogP contribution in [0.5, 0.6) is 0 Å². The zero-order chi connectivity index (χ0) is 6.69. The highest BCUT2D eigenvalue weighted by atomic mass is 32.1. The third kappa shape index (κ3) is 1.82. The van der Waals surface area contributed by atoms with Gasteiger partial charge in [0, 0.05) is 12.6 Å². The van der Waals surface area contributed by atoms with E-state index < -0.39 is 0 Å². The Morgan fingerprint density at radius 2 is 2.56 bits per heavy atom. The predicted molar refractivity (Wildman–Crippen MR) is 42.4 cm³/mol. The summed E-state index contributed by atoms with van der Waals surface area (Å²) in [5.74, 6) is 0. The Morgan fingerprint density at radius 1 is 1.78 bits per heavy atom. The van der Waals surface area contributed by atoms with E-state index in [2.05, 4.69) is 17.6 Å². The number of thiocarbonyl (C=S) groups is 1. The molecule has 0 bridgehead atoms. The average Bonchev–Trinajstić information content (AvgIpc) is 1.88. The van der Waals surface area contributed by atoms with Gasteiger partial charge in [-0.3, -0.25) is 0 Å². The van der Waals surface area contributed by atoms with E-state index in [1.54, 1.807) is 0 Å². The summed E-state index contributed by atoms with van der Waals surface area (Å²) in [6, 6.07) is 0.610. The molecule has 1 atom stereocenters. The molecule has 0 aromatic heterocycles. The molecule has 0 radical (unpaired) electrons. The molecule has 1 aliphatic rings. The monoisotopic (exact) mass is 144 g/mol. The van der Waals surface area contributed by atoms with Crippen LogP contribution in [-0.4, -0.2) is 17.7 Å². The summed E-state index contributed by atoms with van der Waals surface area (Å²) in [6.07, 6.45) is 2.36. The molecular formula is C6H12N2S. The van der Waals surface area contributed by atoms with Crippen LogP contribution in [0.1, 0.15) is 19.8 Å². The van der Waals surface area contributed by atoms with Crippen molar-refractivity contribution >= 4 is 17.3 Å². The second-order valence-electron chi connectivity index (χ2n) is 2.29. The lowest BCUT2D eigenvalue weighted by Crippen LogP contribution is -2.48. The zero-order valence-electron chi connectivity index (χ0n) is 5.61. The molecule has 0 aromatic carbocycles. The Labute approximate surface area is 61.0 Å². The topological polar surface area (TPSA) is 24.1 Å². The Bertz CT molecular complexity index is 114. The van der Waals surface area contributed by atoms with Crippen LogP contribution >= 0.6 is 12.2 Å². The van der Waals surface area contributed by atoms with Gasteiger partial charge in [-0.15, -0.1) is 0 Å². The minimum atomic E-state index is 0.610. The van der Waals surface area contributed by atoms with E-state index in [4.69, 9.17) is 12.2 Å². The predicted octanol–water partition coefficient (Wildman–Crippen LogP) is 0.633. The summed E-state index contributed by atoms with van der Waals surface area (Å²) >= 11 is 4.93. The molecule has 3 heteroatoms. The molecule has 2 nitrogen and oxygen atoms in total. The van der Waals surface area contributed by atoms with E-state index in [0.717, 1.165) is 11.7 Å². The second kappa shape index (κ2) is 3.01. The molecular weight excluding hydrogens is 132 g/mol. The Balaban J connectivity index is 2.32. The van der Waals surface area contributed by atoms with Gasteiger partial charge in [-0.05, 0) is 25.1 Å². The van der Waals surface area contributed by atoms with Crippen molar-refractivity contribution < 1.29 is 0 Å². The first kappa shape index (κ1) is 6.81. The van der Waals surface area contributed by atoms with Crippen LogP contribution in [0.25, 0.3) is 0 Å². The smallest absolute Gasteiger partial charge is 0.166 e. The first-order valence-corrected chi connectivity index (χ1v) is 3.78. The lowest BCUT2D eigenvalue weighted by molar-refractivity contribution is 0.502. The van der Waals surface area contributed by atoms with Crippen LogP contribution in [0.4, 0.5) is 0 Å².